The van der Waals surface area contributed by atoms with Crippen molar-refractivity contribution < 1.29 is 14.3 Å². The summed E-state index contributed by atoms with van der Waals surface area (Å²) in [6, 6.07) is 3.36. The first kappa shape index (κ1) is 22.3. The maximum Gasteiger partial charge on any atom is 0.237 e. The minimum atomic E-state index is -0.484. The fourth-order valence-corrected chi connectivity index (χ4v) is 2.45. The summed E-state index contributed by atoms with van der Waals surface area (Å²) in [5, 5.41) is 2.88. The first-order chi connectivity index (χ1) is 10.9. The van der Waals surface area contributed by atoms with Crippen molar-refractivity contribution in [2.24, 2.45) is 11.7 Å². The van der Waals surface area contributed by atoms with Gasteiger partial charge in [-0.3, -0.25) is 4.79 Å². The highest BCUT2D eigenvalue weighted by atomic mass is 35.5. The number of methoxy groups -OCH3 is 2. The highest BCUT2D eigenvalue weighted by Gasteiger charge is 2.16. The third kappa shape index (κ3) is 6.42. The molecule has 0 radical (unpaired) electrons. The van der Waals surface area contributed by atoms with Gasteiger partial charge in [0, 0.05) is 12.1 Å². The van der Waals surface area contributed by atoms with Crippen molar-refractivity contribution in [3.63, 3.8) is 0 Å². The molecule has 0 bridgehead atoms. The van der Waals surface area contributed by atoms with Gasteiger partial charge in [-0.15, -0.1) is 19.0 Å². The Bertz CT molecular complexity index is 547. The molecule has 136 valence electrons. The summed E-state index contributed by atoms with van der Waals surface area (Å²) in [5.74, 6) is 1.58. The number of hydrogen-bond donors (Lipinski definition) is 2. The van der Waals surface area contributed by atoms with Crippen LogP contribution >= 0.6 is 12.4 Å². The molecule has 0 fully saturated rings. The molecule has 0 aliphatic carbocycles. The van der Waals surface area contributed by atoms with E-state index in [2.05, 4.69) is 11.9 Å². The smallest absolute Gasteiger partial charge is 0.237 e. The molecule has 0 unspecified atom stereocenters. The molecule has 0 spiro atoms. The van der Waals surface area contributed by atoms with Gasteiger partial charge in [-0.25, -0.2) is 0 Å². The van der Waals surface area contributed by atoms with E-state index in [4.69, 9.17) is 15.2 Å². The van der Waals surface area contributed by atoms with Crippen molar-refractivity contribution in [3.05, 3.63) is 35.9 Å². The highest BCUT2D eigenvalue weighted by molar-refractivity contribution is 5.85. The molecule has 3 N–H and O–H groups in total. The van der Waals surface area contributed by atoms with Gasteiger partial charge in [-0.1, -0.05) is 19.9 Å². The van der Waals surface area contributed by atoms with Crippen LogP contribution in [0.2, 0.25) is 0 Å². The monoisotopic (exact) mass is 356 g/mol. The van der Waals surface area contributed by atoms with Crippen LogP contribution in [-0.4, -0.2) is 26.2 Å². The van der Waals surface area contributed by atoms with Gasteiger partial charge >= 0.3 is 0 Å². The van der Waals surface area contributed by atoms with E-state index >= 15 is 0 Å². The van der Waals surface area contributed by atoms with Gasteiger partial charge in [0.2, 0.25) is 5.91 Å². The molecular weight excluding hydrogens is 328 g/mol. The molecule has 1 aromatic rings. The topological polar surface area (TPSA) is 73.6 Å². The van der Waals surface area contributed by atoms with Gasteiger partial charge in [0.15, 0.2) is 11.5 Å². The van der Waals surface area contributed by atoms with Crippen LogP contribution in [0.1, 0.15) is 31.4 Å². The number of ether oxygens (including phenoxy) is 2. The van der Waals surface area contributed by atoms with Crippen molar-refractivity contribution in [2.75, 3.05) is 14.2 Å². The third-order valence-corrected chi connectivity index (χ3v) is 3.51. The molecule has 5 nitrogen and oxygen atoms in total. The van der Waals surface area contributed by atoms with Gasteiger partial charge < -0.3 is 20.5 Å². The predicted octanol–water partition coefficient (Wildman–Crippen LogP) is 2.84. The lowest BCUT2D eigenvalue weighted by Crippen LogP contribution is -2.41. The number of allylic oxidation sites excluding steroid dienone is 1. The number of amides is 1. The normalized spacial score (nSPS) is 11.4. The second-order valence-electron chi connectivity index (χ2n) is 5.94. The van der Waals surface area contributed by atoms with E-state index in [1.165, 1.54) is 0 Å². The van der Waals surface area contributed by atoms with Crippen LogP contribution in [0.3, 0.4) is 0 Å². The quantitative estimate of drug-likeness (QED) is 0.667. The standard InChI is InChI=1S/C18H28N2O3.ClH/c1-6-7-14-9-13(10-16(22-4)17(14)23-5)11-20-18(21)15(19)8-12(2)3;/h6,9-10,12,15H,1,7-8,11,19H2,2-5H3,(H,20,21);1H/t15-;/m0./s1. The predicted molar refractivity (Wildman–Crippen MR) is 100.0 cm³/mol. The lowest BCUT2D eigenvalue weighted by molar-refractivity contribution is -0.122. The van der Waals surface area contributed by atoms with Crippen LogP contribution < -0.4 is 20.5 Å². The molecule has 0 aliphatic rings. The van der Waals surface area contributed by atoms with Crippen LogP contribution in [-0.2, 0) is 17.8 Å². The Kier molecular flexibility index (Phi) is 10.2. The van der Waals surface area contributed by atoms with Crippen molar-refractivity contribution in [3.8, 4) is 11.5 Å². The Morgan fingerprint density at radius 3 is 2.50 bits per heavy atom. The Labute approximate surface area is 151 Å². The van der Waals surface area contributed by atoms with Crippen LogP contribution in [0, 0.1) is 5.92 Å². The maximum absolute atomic E-state index is 12.0. The van der Waals surface area contributed by atoms with Gasteiger partial charge in [0.1, 0.15) is 0 Å². The Balaban J connectivity index is 0.00000529. The number of carbonyl (C=O) groups excluding carboxylic acids is 1. The van der Waals surface area contributed by atoms with Gasteiger partial charge in [-0.2, -0.15) is 0 Å². The van der Waals surface area contributed by atoms with Crippen molar-refractivity contribution in [1.82, 2.24) is 5.32 Å². The zero-order valence-corrected chi connectivity index (χ0v) is 15.7. The summed E-state index contributed by atoms with van der Waals surface area (Å²) in [7, 11) is 3.20. The number of carbonyl (C=O) groups is 1. The molecule has 0 aromatic heterocycles. The summed E-state index contributed by atoms with van der Waals surface area (Å²) < 4.78 is 10.8. The van der Waals surface area contributed by atoms with Crippen LogP contribution in [0.5, 0.6) is 11.5 Å². The average Bonchev–Trinajstić information content (AvgIpc) is 2.51. The van der Waals surface area contributed by atoms with E-state index in [1.54, 1.807) is 20.3 Å². The van der Waals surface area contributed by atoms with E-state index in [0.717, 1.165) is 11.1 Å². The largest absolute Gasteiger partial charge is 0.493 e. The van der Waals surface area contributed by atoms with Crippen molar-refractivity contribution in [2.45, 2.75) is 39.3 Å². The minimum absolute atomic E-state index is 0. The summed E-state index contributed by atoms with van der Waals surface area (Å²) >= 11 is 0. The number of nitrogens with one attached hydrogen (secondary N) is 1. The molecule has 1 aromatic carbocycles. The van der Waals surface area contributed by atoms with Gasteiger partial charge in [0.25, 0.3) is 0 Å². The average molecular weight is 357 g/mol. The molecule has 6 heteroatoms. The molecule has 24 heavy (non-hydrogen) atoms. The van der Waals surface area contributed by atoms with E-state index < -0.39 is 6.04 Å². The molecule has 0 saturated carbocycles. The van der Waals surface area contributed by atoms with Gasteiger partial charge in [0.05, 0.1) is 20.3 Å². The lowest BCUT2D eigenvalue weighted by atomic mass is 10.0. The number of halogens is 1. The second-order valence-corrected chi connectivity index (χ2v) is 5.94. The van der Waals surface area contributed by atoms with E-state index in [9.17, 15) is 4.79 Å². The molecule has 0 saturated heterocycles. The second kappa shape index (κ2) is 10.9. The number of hydrogen-bond acceptors (Lipinski definition) is 4. The van der Waals surface area contributed by atoms with Crippen molar-refractivity contribution in [1.29, 1.82) is 0 Å². The van der Waals surface area contributed by atoms with Crippen molar-refractivity contribution >= 4 is 18.3 Å². The fraction of sp³-hybridized carbons (Fsp3) is 0.500. The summed E-state index contributed by atoms with van der Waals surface area (Å²) in [6.07, 6.45) is 3.13. The Hall–Kier alpha value is -1.72. The molecule has 0 aliphatic heterocycles. The van der Waals surface area contributed by atoms with E-state index in [1.807, 2.05) is 26.0 Å². The summed E-state index contributed by atoms with van der Waals surface area (Å²) in [5.41, 5.74) is 7.80. The molecule has 0 heterocycles. The van der Waals surface area contributed by atoms with Crippen LogP contribution in [0.25, 0.3) is 0 Å². The number of nitrogens with two attached hydrogens (primary N) is 1. The maximum atomic E-state index is 12.0. The lowest BCUT2D eigenvalue weighted by Gasteiger charge is -2.16. The molecule has 1 atom stereocenters. The summed E-state index contributed by atoms with van der Waals surface area (Å²) in [6.45, 7) is 8.25. The Morgan fingerprint density at radius 2 is 2.00 bits per heavy atom. The van der Waals surface area contributed by atoms with E-state index in [-0.39, 0.29) is 18.3 Å². The van der Waals surface area contributed by atoms with Crippen LogP contribution in [0.4, 0.5) is 0 Å². The van der Waals surface area contributed by atoms with Crippen LogP contribution in [0.15, 0.2) is 24.8 Å². The van der Waals surface area contributed by atoms with E-state index in [0.29, 0.717) is 36.8 Å². The minimum Gasteiger partial charge on any atom is -0.493 e. The fourth-order valence-electron chi connectivity index (χ4n) is 2.45. The molecular formula is C18H29ClN2O3. The molecule has 1 rings (SSSR count). The SMILES string of the molecule is C=CCc1cc(CNC(=O)[C@@H](N)CC(C)C)cc(OC)c1OC.Cl. The first-order valence-corrected chi connectivity index (χ1v) is 7.80. The molecule has 1 amide bonds. The summed E-state index contributed by atoms with van der Waals surface area (Å²) in [4.78, 5) is 12.0. The Morgan fingerprint density at radius 1 is 1.33 bits per heavy atom. The zero-order valence-electron chi connectivity index (χ0n) is 14.9. The van der Waals surface area contributed by atoms with Gasteiger partial charge in [-0.05, 0) is 36.5 Å². The number of benzene rings is 1. The number of rotatable bonds is 9. The highest BCUT2D eigenvalue weighted by Crippen LogP contribution is 2.33. The zero-order chi connectivity index (χ0) is 17.4. The third-order valence-electron chi connectivity index (χ3n) is 3.51. The first-order valence-electron chi connectivity index (χ1n) is 7.80.